The number of anilines is 1. The molecule has 2 aromatic rings. The van der Waals surface area contributed by atoms with E-state index in [0.717, 1.165) is 18.2 Å². The predicted octanol–water partition coefficient (Wildman–Crippen LogP) is 3.67. The number of rotatable bonds is 3. The fourth-order valence-corrected chi connectivity index (χ4v) is 2.03. The van der Waals surface area contributed by atoms with Gasteiger partial charge in [-0.1, -0.05) is 0 Å². The quantitative estimate of drug-likeness (QED) is 0.684. The normalized spacial score (nSPS) is 10.3. The van der Waals surface area contributed by atoms with Crippen molar-refractivity contribution < 1.29 is 18.3 Å². The van der Waals surface area contributed by atoms with Gasteiger partial charge in [-0.15, -0.1) is 0 Å². The Bertz CT molecular complexity index is 641. The SMILES string of the molecule is Nc1ccc(Br)c(C(=O)OCc2cc(F)cc(F)c2)c1. The summed E-state index contributed by atoms with van der Waals surface area (Å²) in [7, 11) is 0. The second-order valence-electron chi connectivity index (χ2n) is 4.09. The van der Waals surface area contributed by atoms with Crippen LogP contribution in [-0.2, 0) is 11.3 Å². The van der Waals surface area contributed by atoms with Crippen LogP contribution in [0.15, 0.2) is 40.9 Å². The summed E-state index contributed by atoms with van der Waals surface area (Å²) in [5.41, 5.74) is 6.48. The molecule has 0 saturated carbocycles. The molecule has 0 aliphatic heterocycles. The molecule has 104 valence electrons. The van der Waals surface area contributed by atoms with E-state index in [2.05, 4.69) is 15.9 Å². The van der Waals surface area contributed by atoms with Crippen LogP contribution in [0.1, 0.15) is 15.9 Å². The van der Waals surface area contributed by atoms with Crippen LogP contribution in [0.5, 0.6) is 0 Å². The number of esters is 1. The first-order valence-electron chi connectivity index (χ1n) is 5.63. The minimum Gasteiger partial charge on any atom is -0.457 e. The lowest BCUT2D eigenvalue weighted by Crippen LogP contribution is -2.07. The van der Waals surface area contributed by atoms with E-state index in [9.17, 15) is 13.6 Å². The van der Waals surface area contributed by atoms with Crippen molar-refractivity contribution in [3.63, 3.8) is 0 Å². The van der Waals surface area contributed by atoms with Gasteiger partial charge >= 0.3 is 5.97 Å². The summed E-state index contributed by atoms with van der Waals surface area (Å²) in [6, 6.07) is 7.66. The fourth-order valence-electron chi connectivity index (χ4n) is 1.62. The fraction of sp³-hybridized carbons (Fsp3) is 0.0714. The van der Waals surface area contributed by atoms with Crippen molar-refractivity contribution in [3.05, 3.63) is 63.6 Å². The molecule has 0 heterocycles. The molecule has 3 nitrogen and oxygen atoms in total. The molecule has 2 aromatic carbocycles. The van der Waals surface area contributed by atoms with Gasteiger partial charge in [-0.2, -0.15) is 0 Å². The van der Waals surface area contributed by atoms with Crippen molar-refractivity contribution in [1.29, 1.82) is 0 Å². The molecule has 20 heavy (non-hydrogen) atoms. The largest absolute Gasteiger partial charge is 0.457 e. The van der Waals surface area contributed by atoms with Crippen molar-refractivity contribution in [2.45, 2.75) is 6.61 Å². The van der Waals surface area contributed by atoms with Gasteiger partial charge in [-0.25, -0.2) is 13.6 Å². The summed E-state index contributed by atoms with van der Waals surface area (Å²) < 4.78 is 31.5. The Balaban J connectivity index is 2.10. The zero-order chi connectivity index (χ0) is 14.7. The molecule has 0 saturated heterocycles. The van der Waals surface area contributed by atoms with Crippen LogP contribution in [0, 0.1) is 11.6 Å². The number of nitrogens with two attached hydrogens (primary N) is 1. The highest BCUT2D eigenvalue weighted by atomic mass is 79.9. The van der Waals surface area contributed by atoms with Crippen LogP contribution in [0.2, 0.25) is 0 Å². The van der Waals surface area contributed by atoms with E-state index in [1.807, 2.05) is 0 Å². The summed E-state index contributed by atoms with van der Waals surface area (Å²) >= 11 is 3.20. The van der Waals surface area contributed by atoms with Gasteiger partial charge in [0.05, 0.1) is 5.56 Å². The van der Waals surface area contributed by atoms with E-state index in [0.29, 0.717) is 10.2 Å². The van der Waals surface area contributed by atoms with Gasteiger partial charge < -0.3 is 10.5 Å². The topological polar surface area (TPSA) is 52.3 Å². The van der Waals surface area contributed by atoms with Gasteiger partial charge in [0, 0.05) is 16.2 Å². The number of benzene rings is 2. The zero-order valence-electron chi connectivity index (χ0n) is 10.2. The smallest absolute Gasteiger partial charge is 0.339 e. The maximum atomic E-state index is 13.0. The van der Waals surface area contributed by atoms with E-state index in [1.54, 1.807) is 12.1 Å². The van der Waals surface area contributed by atoms with Crippen LogP contribution in [0.4, 0.5) is 14.5 Å². The average Bonchev–Trinajstić information content (AvgIpc) is 2.38. The minimum atomic E-state index is -0.721. The first-order valence-corrected chi connectivity index (χ1v) is 6.42. The van der Waals surface area contributed by atoms with Crippen LogP contribution in [0.25, 0.3) is 0 Å². The van der Waals surface area contributed by atoms with E-state index in [1.165, 1.54) is 6.07 Å². The molecule has 0 radical (unpaired) electrons. The summed E-state index contributed by atoms with van der Waals surface area (Å²) in [6.45, 7) is -0.227. The van der Waals surface area contributed by atoms with E-state index in [4.69, 9.17) is 10.5 Å². The third-order valence-corrected chi connectivity index (χ3v) is 3.19. The number of hydrogen-bond donors (Lipinski definition) is 1. The summed E-state index contributed by atoms with van der Waals surface area (Å²) in [6.07, 6.45) is 0. The number of halogens is 3. The van der Waals surface area contributed by atoms with Crippen molar-refractivity contribution in [1.82, 2.24) is 0 Å². The number of carbonyl (C=O) groups is 1. The van der Waals surface area contributed by atoms with Crippen LogP contribution in [0.3, 0.4) is 0 Å². The Morgan fingerprint density at radius 1 is 1.15 bits per heavy atom. The van der Waals surface area contributed by atoms with Crippen LogP contribution in [-0.4, -0.2) is 5.97 Å². The Morgan fingerprint density at radius 2 is 1.80 bits per heavy atom. The Labute approximate surface area is 122 Å². The Hall–Kier alpha value is -1.95. The monoisotopic (exact) mass is 341 g/mol. The van der Waals surface area contributed by atoms with E-state index < -0.39 is 17.6 Å². The van der Waals surface area contributed by atoms with Gasteiger partial charge in [-0.3, -0.25) is 0 Å². The number of ether oxygens (including phenoxy) is 1. The lowest BCUT2D eigenvalue weighted by atomic mass is 10.2. The lowest BCUT2D eigenvalue weighted by Gasteiger charge is -2.07. The van der Waals surface area contributed by atoms with Gasteiger partial charge in [-0.05, 0) is 51.8 Å². The Morgan fingerprint density at radius 3 is 2.45 bits per heavy atom. The first-order chi connectivity index (χ1) is 9.45. The number of carbonyl (C=O) groups excluding carboxylic acids is 1. The molecular weight excluding hydrogens is 332 g/mol. The molecule has 0 amide bonds. The molecule has 0 atom stereocenters. The average molecular weight is 342 g/mol. The molecule has 0 unspecified atom stereocenters. The summed E-state index contributed by atoms with van der Waals surface area (Å²) in [5, 5.41) is 0. The second kappa shape index (κ2) is 6.00. The Kier molecular flexibility index (Phi) is 4.34. The van der Waals surface area contributed by atoms with Crippen LogP contribution >= 0.6 is 15.9 Å². The first kappa shape index (κ1) is 14.5. The van der Waals surface area contributed by atoms with Crippen molar-refractivity contribution >= 4 is 27.6 Å². The molecular formula is C14H10BrF2NO2. The molecule has 0 spiro atoms. The van der Waals surface area contributed by atoms with E-state index in [-0.39, 0.29) is 17.7 Å². The van der Waals surface area contributed by atoms with E-state index >= 15 is 0 Å². The predicted molar refractivity (Wildman–Crippen MR) is 74.0 cm³/mol. The lowest BCUT2D eigenvalue weighted by molar-refractivity contribution is 0.0471. The highest BCUT2D eigenvalue weighted by Crippen LogP contribution is 2.21. The third kappa shape index (κ3) is 3.54. The van der Waals surface area contributed by atoms with Gasteiger partial charge in [0.25, 0.3) is 0 Å². The van der Waals surface area contributed by atoms with Crippen molar-refractivity contribution in [2.24, 2.45) is 0 Å². The minimum absolute atomic E-state index is 0.227. The highest BCUT2D eigenvalue weighted by Gasteiger charge is 2.12. The molecule has 0 fully saturated rings. The molecule has 0 bridgehead atoms. The van der Waals surface area contributed by atoms with Gasteiger partial charge in [0.15, 0.2) is 0 Å². The summed E-state index contributed by atoms with van der Waals surface area (Å²) in [5.74, 6) is -2.07. The molecule has 6 heteroatoms. The molecule has 2 rings (SSSR count). The van der Waals surface area contributed by atoms with Crippen molar-refractivity contribution in [2.75, 3.05) is 5.73 Å². The molecule has 2 N–H and O–H groups in total. The van der Waals surface area contributed by atoms with Gasteiger partial charge in [0.1, 0.15) is 18.2 Å². The molecule has 0 aliphatic carbocycles. The number of hydrogen-bond acceptors (Lipinski definition) is 3. The second-order valence-corrected chi connectivity index (χ2v) is 4.95. The maximum Gasteiger partial charge on any atom is 0.339 e. The third-order valence-electron chi connectivity index (χ3n) is 2.50. The maximum absolute atomic E-state index is 13.0. The highest BCUT2D eigenvalue weighted by molar-refractivity contribution is 9.10. The molecule has 0 aliphatic rings. The number of nitrogen functional groups attached to an aromatic ring is 1. The van der Waals surface area contributed by atoms with Crippen LogP contribution < -0.4 is 5.73 Å². The molecule has 0 aromatic heterocycles. The summed E-state index contributed by atoms with van der Waals surface area (Å²) in [4.78, 5) is 11.9. The zero-order valence-corrected chi connectivity index (χ0v) is 11.8. The van der Waals surface area contributed by atoms with Crippen molar-refractivity contribution in [3.8, 4) is 0 Å². The van der Waals surface area contributed by atoms with Gasteiger partial charge in [0.2, 0.25) is 0 Å². The standard InChI is InChI=1S/C14H10BrF2NO2/c15-13-2-1-11(18)6-12(13)14(19)20-7-8-3-9(16)5-10(17)4-8/h1-6H,7,18H2.